The van der Waals surface area contributed by atoms with Crippen molar-refractivity contribution in [1.29, 1.82) is 0 Å². The lowest BCUT2D eigenvalue weighted by Gasteiger charge is -2.09. The van der Waals surface area contributed by atoms with Crippen LogP contribution < -0.4 is 4.74 Å². The normalized spacial score (nSPS) is 10.6. The first kappa shape index (κ1) is 16.8. The van der Waals surface area contributed by atoms with Crippen LogP contribution in [0, 0.1) is 5.82 Å². The highest BCUT2D eigenvalue weighted by Crippen LogP contribution is 2.36. The second kappa shape index (κ2) is 6.67. The molecule has 0 saturated heterocycles. The topological polar surface area (TPSA) is 39.2 Å². The molecule has 0 radical (unpaired) electrons. The van der Waals surface area contributed by atoms with Crippen molar-refractivity contribution in [1.82, 2.24) is 4.98 Å². The maximum atomic E-state index is 13.6. The van der Waals surface area contributed by atoms with Gasteiger partial charge in [-0.1, -0.05) is 62.3 Å². The summed E-state index contributed by atoms with van der Waals surface area (Å²) in [6.45, 7) is 0. The third kappa shape index (κ3) is 3.60. The van der Waals surface area contributed by atoms with Gasteiger partial charge in [0.05, 0.1) is 15.1 Å². The average molecular weight is 434 g/mol. The predicted molar refractivity (Wildman–Crippen MR) is 83.3 cm³/mol. The summed E-state index contributed by atoms with van der Waals surface area (Å²) in [6, 6.07) is 3.91. The average Bonchev–Trinajstić information content (AvgIpc) is 2.43. The number of esters is 1. The van der Waals surface area contributed by atoms with E-state index in [1.54, 1.807) is 0 Å². The van der Waals surface area contributed by atoms with Gasteiger partial charge in [0.15, 0.2) is 17.3 Å². The lowest BCUT2D eigenvalue weighted by molar-refractivity contribution is 0.0722. The summed E-state index contributed by atoms with van der Waals surface area (Å²) in [7, 11) is 0. The molecule has 9 heteroatoms. The number of aromatic nitrogens is 1. The van der Waals surface area contributed by atoms with Gasteiger partial charge >= 0.3 is 5.97 Å². The van der Waals surface area contributed by atoms with Gasteiger partial charge in [-0.15, -0.1) is 0 Å². The summed E-state index contributed by atoms with van der Waals surface area (Å²) in [6.07, 6.45) is 0. The molecule has 1 heterocycles. The van der Waals surface area contributed by atoms with E-state index in [4.69, 9.17) is 51.1 Å². The maximum absolute atomic E-state index is 13.6. The Morgan fingerprint density at radius 1 is 1.14 bits per heavy atom. The van der Waals surface area contributed by atoms with E-state index in [-0.39, 0.29) is 31.7 Å². The molecular formula is C12H3BrCl4FNO2. The van der Waals surface area contributed by atoms with E-state index < -0.39 is 11.8 Å². The van der Waals surface area contributed by atoms with E-state index in [0.717, 1.165) is 6.07 Å². The number of carbonyl (C=O) groups is 1. The molecule has 0 saturated carbocycles. The number of rotatable bonds is 2. The highest BCUT2D eigenvalue weighted by Gasteiger charge is 2.22. The molecule has 3 nitrogen and oxygen atoms in total. The number of halogens is 6. The molecule has 0 unspecified atom stereocenters. The molecule has 2 aromatic rings. The zero-order chi connectivity index (χ0) is 15.7. The van der Waals surface area contributed by atoms with Gasteiger partial charge in [0.1, 0.15) is 5.15 Å². The number of hydrogen-bond acceptors (Lipinski definition) is 3. The SMILES string of the molecule is O=C(Oc1ccc(Br)cc1F)c1nc(Cl)c(Cl)c(Cl)c1Cl. The zero-order valence-electron chi connectivity index (χ0n) is 9.76. The lowest BCUT2D eigenvalue weighted by atomic mass is 10.3. The molecule has 0 bridgehead atoms. The fraction of sp³-hybridized carbons (Fsp3) is 0. The van der Waals surface area contributed by atoms with E-state index in [0.29, 0.717) is 4.47 Å². The Kier molecular flexibility index (Phi) is 5.33. The van der Waals surface area contributed by atoms with Gasteiger partial charge in [-0.05, 0) is 18.2 Å². The summed E-state index contributed by atoms with van der Waals surface area (Å²) < 4.78 is 19.0. The van der Waals surface area contributed by atoms with Crippen LogP contribution in [0.1, 0.15) is 10.5 Å². The van der Waals surface area contributed by atoms with Crippen molar-refractivity contribution >= 4 is 68.3 Å². The zero-order valence-corrected chi connectivity index (χ0v) is 14.4. The third-order valence-corrected chi connectivity index (χ3v) is 4.45. The van der Waals surface area contributed by atoms with Crippen molar-refractivity contribution in [3.63, 3.8) is 0 Å². The van der Waals surface area contributed by atoms with E-state index in [2.05, 4.69) is 20.9 Å². The molecule has 2 rings (SSSR count). The Hall–Kier alpha value is -0.590. The minimum atomic E-state index is -1.01. The Bertz CT molecular complexity index is 742. The van der Waals surface area contributed by atoms with E-state index in [9.17, 15) is 9.18 Å². The summed E-state index contributed by atoms with van der Waals surface area (Å²) in [5.41, 5.74) is -0.363. The minimum Gasteiger partial charge on any atom is -0.419 e. The number of hydrogen-bond donors (Lipinski definition) is 0. The Morgan fingerprint density at radius 2 is 1.81 bits per heavy atom. The molecule has 21 heavy (non-hydrogen) atoms. The maximum Gasteiger partial charge on any atom is 0.364 e. The lowest BCUT2D eigenvalue weighted by Crippen LogP contribution is -2.13. The molecule has 1 aromatic heterocycles. The Labute approximate surface area is 147 Å². The Morgan fingerprint density at radius 3 is 2.43 bits per heavy atom. The summed E-state index contributed by atoms with van der Waals surface area (Å²) in [5, 5.41) is -0.667. The second-order valence-corrected chi connectivity index (χ2v) is 6.07. The quantitative estimate of drug-likeness (QED) is 0.340. The molecule has 0 aliphatic heterocycles. The van der Waals surface area contributed by atoms with Crippen LogP contribution >= 0.6 is 62.3 Å². The smallest absolute Gasteiger partial charge is 0.364 e. The van der Waals surface area contributed by atoms with Gasteiger partial charge < -0.3 is 4.74 Å². The summed E-state index contributed by atoms with van der Waals surface area (Å²) in [4.78, 5) is 15.7. The molecule has 0 atom stereocenters. The van der Waals surface area contributed by atoms with Crippen molar-refractivity contribution in [2.75, 3.05) is 0 Å². The number of benzene rings is 1. The van der Waals surface area contributed by atoms with Gasteiger partial charge in [0, 0.05) is 4.47 Å². The van der Waals surface area contributed by atoms with Crippen LogP contribution in [0.5, 0.6) is 5.75 Å². The van der Waals surface area contributed by atoms with Crippen molar-refractivity contribution in [2.45, 2.75) is 0 Å². The van der Waals surface area contributed by atoms with Crippen LogP contribution in [0.25, 0.3) is 0 Å². The van der Waals surface area contributed by atoms with Crippen LogP contribution in [-0.2, 0) is 0 Å². The van der Waals surface area contributed by atoms with Crippen LogP contribution in [0.3, 0.4) is 0 Å². The van der Waals surface area contributed by atoms with Gasteiger partial charge in [0.25, 0.3) is 0 Å². The fourth-order valence-corrected chi connectivity index (χ4v) is 2.47. The van der Waals surface area contributed by atoms with Crippen LogP contribution in [0.4, 0.5) is 4.39 Å². The van der Waals surface area contributed by atoms with Gasteiger partial charge in [-0.2, -0.15) is 0 Å². The minimum absolute atomic E-state index is 0.0882. The van der Waals surface area contributed by atoms with Crippen LogP contribution in [-0.4, -0.2) is 11.0 Å². The van der Waals surface area contributed by atoms with Crippen molar-refractivity contribution in [3.8, 4) is 5.75 Å². The first-order valence-electron chi connectivity index (χ1n) is 5.18. The largest absolute Gasteiger partial charge is 0.419 e. The molecule has 0 fully saturated rings. The third-order valence-electron chi connectivity index (χ3n) is 2.27. The van der Waals surface area contributed by atoms with Crippen molar-refractivity contribution in [3.05, 3.63) is 54.4 Å². The number of pyridine rings is 1. The molecule has 110 valence electrons. The number of carbonyl (C=O) groups excluding carboxylic acids is 1. The standard InChI is InChI=1S/C12H3BrCl4FNO2/c13-4-1-2-6(5(18)3-4)21-12(20)10-8(15)7(14)9(16)11(17)19-10/h1-3H. The van der Waals surface area contributed by atoms with E-state index >= 15 is 0 Å². The van der Waals surface area contributed by atoms with Crippen LogP contribution in [0.2, 0.25) is 20.2 Å². The molecular weight excluding hydrogens is 431 g/mol. The molecule has 0 aliphatic carbocycles. The molecule has 0 spiro atoms. The summed E-state index contributed by atoms with van der Waals surface area (Å²) >= 11 is 26.2. The fourth-order valence-electron chi connectivity index (χ4n) is 1.33. The van der Waals surface area contributed by atoms with E-state index in [1.807, 2.05) is 0 Å². The van der Waals surface area contributed by atoms with E-state index in [1.165, 1.54) is 12.1 Å². The van der Waals surface area contributed by atoms with Gasteiger partial charge in [-0.25, -0.2) is 14.2 Å². The highest BCUT2D eigenvalue weighted by molar-refractivity contribution is 9.10. The Balaban J connectivity index is 2.37. The molecule has 1 aromatic carbocycles. The van der Waals surface area contributed by atoms with Gasteiger partial charge in [0.2, 0.25) is 0 Å². The second-order valence-electron chi connectivity index (χ2n) is 3.66. The van der Waals surface area contributed by atoms with Crippen molar-refractivity contribution in [2.24, 2.45) is 0 Å². The van der Waals surface area contributed by atoms with Gasteiger partial charge in [-0.3, -0.25) is 0 Å². The first-order valence-corrected chi connectivity index (χ1v) is 7.49. The number of nitrogens with zero attached hydrogens (tertiary/aromatic N) is 1. The van der Waals surface area contributed by atoms with Crippen molar-refractivity contribution < 1.29 is 13.9 Å². The monoisotopic (exact) mass is 431 g/mol. The molecule has 0 N–H and O–H groups in total. The number of ether oxygens (including phenoxy) is 1. The first-order chi connectivity index (χ1) is 9.81. The highest BCUT2D eigenvalue weighted by atomic mass is 79.9. The predicted octanol–water partition coefficient (Wildman–Crippen LogP) is 5.82. The summed E-state index contributed by atoms with van der Waals surface area (Å²) in [5.74, 6) is -2.04. The molecule has 0 amide bonds. The van der Waals surface area contributed by atoms with Crippen LogP contribution in [0.15, 0.2) is 22.7 Å². The molecule has 0 aliphatic rings.